The van der Waals surface area contributed by atoms with Crippen LogP contribution >= 0.6 is 11.3 Å². The summed E-state index contributed by atoms with van der Waals surface area (Å²) in [7, 11) is 2.02. The van der Waals surface area contributed by atoms with E-state index in [4.69, 9.17) is 4.42 Å². The summed E-state index contributed by atoms with van der Waals surface area (Å²) in [4.78, 5) is 15.2. The highest BCUT2D eigenvalue weighted by atomic mass is 32.1. The molecule has 3 heterocycles. The summed E-state index contributed by atoms with van der Waals surface area (Å²) < 4.78 is 5.96. The van der Waals surface area contributed by atoms with Crippen molar-refractivity contribution < 1.29 is 4.42 Å². The Labute approximate surface area is 131 Å². The Morgan fingerprint density at radius 3 is 2.95 bits per heavy atom. The minimum atomic E-state index is 0.741. The second-order valence-electron chi connectivity index (χ2n) is 5.07. The highest BCUT2D eigenvalue weighted by molar-refractivity contribution is 7.09. The van der Waals surface area contributed by atoms with Crippen LogP contribution in [0.5, 0.6) is 0 Å². The topological polar surface area (TPSA) is 55.1 Å². The number of nitrogens with zero attached hydrogens (tertiary/aromatic N) is 4. The van der Waals surface area contributed by atoms with E-state index in [1.54, 1.807) is 17.7 Å². The minimum Gasteiger partial charge on any atom is -0.450 e. The van der Waals surface area contributed by atoms with Crippen molar-refractivity contribution in [2.24, 2.45) is 0 Å². The van der Waals surface area contributed by atoms with E-state index < -0.39 is 0 Å². The maximum atomic E-state index is 5.96. The van der Waals surface area contributed by atoms with Crippen molar-refractivity contribution in [3.63, 3.8) is 0 Å². The zero-order chi connectivity index (χ0) is 14.9. The first-order valence-electron chi connectivity index (χ1n) is 7.04. The smallest absolute Gasteiger partial charge is 0.196 e. The zero-order valence-electron chi connectivity index (χ0n) is 12.1. The molecule has 0 radical (unpaired) electrons. The normalized spacial score (nSPS) is 11.3. The van der Waals surface area contributed by atoms with Crippen molar-refractivity contribution in [1.29, 1.82) is 0 Å². The maximum absolute atomic E-state index is 5.96. The fourth-order valence-corrected chi connectivity index (χ4v) is 3.14. The molecule has 0 N–H and O–H groups in total. The summed E-state index contributed by atoms with van der Waals surface area (Å²) in [5, 5.41) is 4.15. The summed E-state index contributed by atoms with van der Waals surface area (Å²) >= 11 is 1.67. The average Bonchev–Trinajstić information content (AvgIpc) is 3.19. The summed E-state index contributed by atoms with van der Waals surface area (Å²) in [6, 6.07) is 7.93. The Balaban J connectivity index is 1.71. The van der Waals surface area contributed by atoms with Crippen LogP contribution in [-0.2, 0) is 6.42 Å². The van der Waals surface area contributed by atoms with E-state index in [1.807, 2.05) is 42.9 Å². The van der Waals surface area contributed by atoms with E-state index in [-0.39, 0.29) is 0 Å². The Bertz CT molecular complexity index is 916. The highest BCUT2D eigenvalue weighted by Gasteiger charge is 2.15. The molecular formula is C16H14N4OS. The molecule has 4 aromatic rings. The van der Waals surface area contributed by atoms with Gasteiger partial charge in [0, 0.05) is 37.0 Å². The third kappa shape index (κ3) is 2.21. The van der Waals surface area contributed by atoms with E-state index in [2.05, 4.69) is 19.9 Å². The molecule has 6 heteroatoms. The van der Waals surface area contributed by atoms with Crippen LogP contribution in [0.2, 0.25) is 0 Å². The average molecular weight is 310 g/mol. The van der Waals surface area contributed by atoms with Gasteiger partial charge in [-0.1, -0.05) is 12.1 Å². The number of benzene rings is 1. The van der Waals surface area contributed by atoms with Gasteiger partial charge in [0.25, 0.3) is 0 Å². The maximum Gasteiger partial charge on any atom is 0.196 e. The third-order valence-corrected chi connectivity index (χ3v) is 4.48. The molecule has 3 aromatic heterocycles. The summed E-state index contributed by atoms with van der Waals surface area (Å²) in [5.74, 6) is 0.817. The predicted octanol–water partition coefficient (Wildman–Crippen LogP) is 3.51. The third-order valence-electron chi connectivity index (χ3n) is 3.65. The number of anilines is 1. The van der Waals surface area contributed by atoms with Crippen LogP contribution in [0.3, 0.4) is 0 Å². The largest absolute Gasteiger partial charge is 0.450 e. The van der Waals surface area contributed by atoms with Gasteiger partial charge in [-0.2, -0.15) is 0 Å². The number of para-hydroxylation sites is 1. The number of furan rings is 1. The fourth-order valence-electron chi connectivity index (χ4n) is 2.53. The summed E-state index contributed by atoms with van der Waals surface area (Å²) in [5.41, 5.74) is 2.44. The lowest BCUT2D eigenvalue weighted by atomic mass is 10.2. The number of fused-ring (bicyclic) bond motifs is 3. The molecule has 0 spiro atoms. The van der Waals surface area contributed by atoms with Crippen LogP contribution in [0.25, 0.3) is 22.1 Å². The van der Waals surface area contributed by atoms with Crippen LogP contribution in [-0.4, -0.2) is 28.5 Å². The molecule has 0 bridgehead atoms. The van der Waals surface area contributed by atoms with Crippen LogP contribution in [0.1, 0.15) is 5.01 Å². The number of aromatic nitrogens is 3. The SMILES string of the molecule is CN(CCc1nccs1)c1ncnc2c1oc1ccccc12. The molecule has 0 aliphatic rings. The van der Waals surface area contributed by atoms with Gasteiger partial charge in [0.1, 0.15) is 17.4 Å². The molecule has 0 aliphatic carbocycles. The molecule has 0 saturated heterocycles. The quantitative estimate of drug-likeness (QED) is 0.577. The number of thiazole rings is 1. The van der Waals surface area contributed by atoms with E-state index >= 15 is 0 Å². The number of rotatable bonds is 4. The van der Waals surface area contributed by atoms with Crippen molar-refractivity contribution in [2.45, 2.75) is 6.42 Å². The lowest BCUT2D eigenvalue weighted by Crippen LogP contribution is -2.21. The van der Waals surface area contributed by atoms with E-state index in [9.17, 15) is 0 Å². The lowest BCUT2D eigenvalue weighted by Gasteiger charge is -2.16. The van der Waals surface area contributed by atoms with E-state index in [0.29, 0.717) is 0 Å². The summed E-state index contributed by atoms with van der Waals surface area (Å²) in [6.45, 7) is 0.830. The van der Waals surface area contributed by atoms with Crippen molar-refractivity contribution in [3.05, 3.63) is 47.2 Å². The first-order valence-corrected chi connectivity index (χ1v) is 7.92. The van der Waals surface area contributed by atoms with Gasteiger partial charge in [0.05, 0.1) is 5.01 Å². The van der Waals surface area contributed by atoms with Crippen LogP contribution < -0.4 is 4.90 Å². The predicted molar refractivity (Wildman–Crippen MR) is 88.4 cm³/mol. The molecule has 4 rings (SSSR count). The molecule has 0 unspecified atom stereocenters. The van der Waals surface area contributed by atoms with Gasteiger partial charge in [0.15, 0.2) is 11.4 Å². The van der Waals surface area contributed by atoms with Crippen molar-refractivity contribution in [1.82, 2.24) is 15.0 Å². The molecule has 22 heavy (non-hydrogen) atoms. The van der Waals surface area contributed by atoms with Gasteiger partial charge < -0.3 is 9.32 Å². The number of hydrogen-bond donors (Lipinski definition) is 0. The molecule has 0 atom stereocenters. The Kier molecular flexibility index (Phi) is 3.23. The van der Waals surface area contributed by atoms with E-state index in [1.165, 1.54) is 0 Å². The van der Waals surface area contributed by atoms with Gasteiger partial charge in [-0.15, -0.1) is 11.3 Å². The second-order valence-corrected chi connectivity index (χ2v) is 6.05. The number of likely N-dealkylation sites (N-methyl/N-ethyl adjacent to an activating group) is 1. The molecule has 0 aliphatic heterocycles. The first-order chi connectivity index (χ1) is 10.8. The molecular weight excluding hydrogens is 296 g/mol. The van der Waals surface area contributed by atoms with Gasteiger partial charge in [-0.25, -0.2) is 15.0 Å². The summed E-state index contributed by atoms with van der Waals surface area (Å²) in [6.07, 6.45) is 4.32. The Morgan fingerprint density at radius 2 is 2.09 bits per heavy atom. The molecule has 110 valence electrons. The minimum absolute atomic E-state index is 0.741. The molecule has 0 fully saturated rings. The molecule has 0 amide bonds. The lowest BCUT2D eigenvalue weighted by molar-refractivity contribution is 0.662. The van der Waals surface area contributed by atoms with Gasteiger partial charge in [-0.3, -0.25) is 0 Å². The van der Waals surface area contributed by atoms with Crippen LogP contribution in [0.15, 0.2) is 46.6 Å². The van der Waals surface area contributed by atoms with Crippen LogP contribution in [0, 0.1) is 0 Å². The monoisotopic (exact) mass is 310 g/mol. The Hall–Kier alpha value is -2.47. The standard InChI is InChI=1S/C16H14N4OS/c1-20(8-6-13-17-7-9-22-13)16-15-14(18-10-19-16)11-4-2-3-5-12(11)21-15/h2-5,7,9-10H,6,8H2,1H3. The van der Waals surface area contributed by atoms with E-state index in [0.717, 1.165) is 45.9 Å². The molecule has 5 nitrogen and oxygen atoms in total. The second kappa shape index (κ2) is 5.38. The Morgan fingerprint density at radius 1 is 1.18 bits per heavy atom. The van der Waals surface area contributed by atoms with Gasteiger partial charge in [-0.05, 0) is 12.1 Å². The number of hydrogen-bond acceptors (Lipinski definition) is 6. The van der Waals surface area contributed by atoms with Crippen molar-refractivity contribution >= 4 is 39.2 Å². The van der Waals surface area contributed by atoms with Gasteiger partial charge >= 0.3 is 0 Å². The molecule has 1 aromatic carbocycles. The highest BCUT2D eigenvalue weighted by Crippen LogP contribution is 2.31. The van der Waals surface area contributed by atoms with Crippen molar-refractivity contribution in [2.75, 3.05) is 18.5 Å². The van der Waals surface area contributed by atoms with Gasteiger partial charge in [0.2, 0.25) is 0 Å². The van der Waals surface area contributed by atoms with Crippen molar-refractivity contribution in [3.8, 4) is 0 Å². The fraction of sp³-hybridized carbons (Fsp3) is 0.188. The zero-order valence-corrected chi connectivity index (χ0v) is 12.9. The van der Waals surface area contributed by atoms with Crippen LogP contribution in [0.4, 0.5) is 5.82 Å². The first kappa shape index (κ1) is 13.2. The molecule has 0 saturated carbocycles.